The van der Waals surface area contributed by atoms with E-state index in [0.717, 1.165) is 6.42 Å². The molecule has 92 valence electrons. The molecule has 0 saturated carbocycles. The topological polar surface area (TPSA) is 29.5 Å². The Morgan fingerprint density at radius 2 is 2.35 bits per heavy atom. The molecule has 1 aliphatic rings. The number of nitrogens with zero attached hydrogens (tertiary/aromatic N) is 1. The van der Waals surface area contributed by atoms with Crippen LogP contribution in [0.15, 0.2) is 18.2 Å². The van der Waals surface area contributed by atoms with Crippen molar-refractivity contribution in [2.45, 2.75) is 18.2 Å². The Labute approximate surface area is 108 Å². The van der Waals surface area contributed by atoms with Crippen molar-refractivity contribution < 1.29 is 13.9 Å². The zero-order chi connectivity index (χ0) is 12.4. The molecule has 0 aliphatic carbocycles. The van der Waals surface area contributed by atoms with Crippen molar-refractivity contribution in [1.29, 1.82) is 0 Å². The first-order chi connectivity index (χ1) is 8.13. The van der Waals surface area contributed by atoms with Crippen molar-refractivity contribution in [1.82, 2.24) is 0 Å². The molecule has 1 amide bonds. The fourth-order valence-electron chi connectivity index (χ4n) is 1.83. The van der Waals surface area contributed by atoms with E-state index < -0.39 is 5.82 Å². The summed E-state index contributed by atoms with van der Waals surface area (Å²) in [6.07, 6.45) is 0.744. The van der Waals surface area contributed by atoms with E-state index in [1.54, 1.807) is 24.0 Å². The Morgan fingerprint density at radius 1 is 1.59 bits per heavy atom. The van der Waals surface area contributed by atoms with Crippen LogP contribution in [0.1, 0.15) is 13.3 Å². The zero-order valence-electron chi connectivity index (χ0n) is 9.45. The molecular weight excluding hydrogens is 289 g/mol. The third-order valence-electron chi connectivity index (χ3n) is 2.67. The molecule has 0 aromatic heterocycles. The second-order valence-electron chi connectivity index (χ2n) is 3.79. The van der Waals surface area contributed by atoms with Gasteiger partial charge in [-0.05, 0) is 25.5 Å². The van der Waals surface area contributed by atoms with Crippen molar-refractivity contribution in [3.8, 4) is 5.75 Å². The molecule has 1 atom stereocenters. The lowest BCUT2D eigenvalue weighted by Crippen LogP contribution is -2.27. The SMILES string of the molecule is CCOc1ccc(N2CCC(Br)C2=O)cc1F. The van der Waals surface area contributed by atoms with E-state index >= 15 is 0 Å². The minimum atomic E-state index is -0.435. The molecular formula is C12H13BrFNO2. The summed E-state index contributed by atoms with van der Waals surface area (Å²) in [7, 11) is 0. The van der Waals surface area contributed by atoms with Crippen molar-refractivity contribution in [2.75, 3.05) is 18.1 Å². The molecule has 1 unspecified atom stereocenters. The predicted molar refractivity (Wildman–Crippen MR) is 67.3 cm³/mol. The van der Waals surface area contributed by atoms with Crippen LogP contribution in [0.25, 0.3) is 0 Å². The van der Waals surface area contributed by atoms with Gasteiger partial charge in [-0.2, -0.15) is 0 Å². The molecule has 1 fully saturated rings. The van der Waals surface area contributed by atoms with Crippen LogP contribution >= 0.6 is 15.9 Å². The second-order valence-corrected chi connectivity index (χ2v) is 4.90. The molecule has 1 heterocycles. The van der Waals surface area contributed by atoms with Crippen LogP contribution in [0.4, 0.5) is 10.1 Å². The summed E-state index contributed by atoms with van der Waals surface area (Å²) >= 11 is 3.29. The smallest absolute Gasteiger partial charge is 0.240 e. The maximum Gasteiger partial charge on any atom is 0.240 e. The van der Waals surface area contributed by atoms with Crippen molar-refractivity contribution in [3.05, 3.63) is 24.0 Å². The highest BCUT2D eigenvalue weighted by Crippen LogP contribution is 2.28. The highest BCUT2D eigenvalue weighted by molar-refractivity contribution is 9.10. The Balaban J connectivity index is 2.23. The maximum atomic E-state index is 13.6. The first-order valence-electron chi connectivity index (χ1n) is 5.51. The first kappa shape index (κ1) is 12.4. The summed E-state index contributed by atoms with van der Waals surface area (Å²) in [6.45, 7) is 2.83. The van der Waals surface area contributed by atoms with Crippen molar-refractivity contribution in [2.24, 2.45) is 0 Å². The Kier molecular flexibility index (Phi) is 3.66. The number of anilines is 1. The Hall–Kier alpha value is -1.10. The van der Waals surface area contributed by atoms with E-state index in [2.05, 4.69) is 15.9 Å². The van der Waals surface area contributed by atoms with Crippen LogP contribution in [0, 0.1) is 5.82 Å². The van der Waals surface area contributed by atoms with E-state index in [1.807, 2.05) is 0 Å². The molecule has 1 aromatic rings. The normalized spacial score (nSPS) is 19.8. The van der Waals surface area contributed by atoms with Gasteiger partial charge in [-0.1, -0.05) is 15.9 Å². The number of ether oxygens (including phenoxy) is 1. The number of benzene rings is 1. The quantitative estimate of drug-likeness (QED) is 0.804. The van der Waals surface area contributed by atoms with E-state index in [4.69, 9.17) is 4.74 Å². The van der Waals surface area contributed by atoms with E-state index in [0.29, 0.717) is 18.8 Å². The summed E-state index contributed by atoms with van der Waals surface area (Å²) < 4.78 is 18.8. The summed E-state index contributed by atoms with van der Waals surface area (Å²) in [4.78, 5) is 13.2. The number of rotatable bonds is 3. The monoisotopic (exact) mass is 301 g/mol. The zero-order valence-corrected chi connectivity index (χ0v) is 11.0. The van der Waals surface area contributed by atoms with Gasteiger partial charge in [0, 0.05) is 18.3 Å². The molecule has 1 saturated heterocycles. The van der Waals surface area contributed by atoms with Gasteiger partial charge < -0.3 is 9.64 Å². The Bertz CT molecular complexity index is 439. The molecule has 0 bridgehead atoms. The molecule has 0 radical (unpaired) electrons. The molecule has 0 spiro atoms. The first-order valence-corrected chi connectivity index (χ1v) is 6.43. The van der Waals surface area contributed by atoms with E-state index in [1.165, 1.54) is 6.07 Å². The van der Waals surface area contributed by atoms with Gasteiger partial charge in [0.25, 0.3) is 0 Å². The largest absolute Gasteiger partial charge is 0.491 e. The van der Waals surface area contributed by atoms with Gasteiger partial charge >= 0.3 is 0 Å². The van der Waals surface area contributed by atoms with E-state index in [9.17, 15) is 9.18 Å². The van der Waals surface area contributed by atoms with Gasteiger partial charge in [0.15, 0.2) is 11.6 Å². The lowest BCUT2D eigenvalue weighted by atomic mass is 10.2. The lowest BCUT2D eigenvalue weighted by Gasteiger charge is -2.16. The van der Waals surface area contributed by atoms with Gasteiger partial charge in [-0.3, -0.25) is 4.79 Å². The minimum Gasteiger partial charge on any atom is -0.491 e. The predicted octanol–water partition coefficient (Wildman–Crippen LogP) is 2.72. The highest BCUT2D eigenvalue weighted by atomic mass is 79.9. The lowest BCUT2D eigenvalue weighted by molar-refractivity contribution is -0.116. The van der Waals surface area contributed by atoms with Crippen molar-refractivity contribution in [3.63, 3.8) is 0 Å². The standard InChI is InChI=1S/C12H13BrFNO2/c1-2-17-11-4-3-8(7-10(11)14)15-6-5-9(13)12(15)16/h3-4,7,9H,2,5-6H2,1H3. The van der Waals surface area contributed by atoms with Crippen LogP contribution in [-0.4, -0.2) is 23.9 Å². The average Bonchev–Trinajstić information content (AvgIpc) is 2.63. The van der Waals surface area contributed by atoms with E-state index in [-0.39, 0.29) is 16.5 Å². The summed E-state index contributed by atoms with van der Waals surface area (Å²) in [6, 6.07) is 4.61. The molecule has 2 rings (SSSR count). The summed E-state index contributed by atoms with van der Waals surface area (Å²) in [5, 5.41) is 0. The number of carbonyl (C=O) groups excluding carboxylic acids is 1. The molecule has 17 heavy (non-hydrogen) atoms. The van der Waals surface area contributed by atoms with Gasteiger partial charge in [-0.15, -0.1) is 0 Å². The van der Waals surface area contributed by atoms with Gasteiger partial charge in [0.1, 0.15) is 0 Å². The number of carbonyl (C=O) groups is 1. The number of amides is 1. The molecule has 1 aromatic carbocycles. The number of hydrogen-bond donors (Lipinski definition) is 0. The molecule has 0 N–H and O–H groups in total. The van der Waals surface area contributed by atoms with Crippen LogP contribution in [0.2, 0.25) is 0 Å². The van der Waals surface area contributed by atoms with Gasteiger partial charge in [0.2, 0.25) is 5.91 Å². The molecule has 3 nitrogen and oxygen atoms in total. The average molecular weight is 302 g/mol. The summed E-state index contributed by atoms with van der Waals surface area (Å²) in [5.74, 6) is -0.234. The fraction of sp³-hybridized carbons (Fsp3) is 0.417. The number of halogens is 2. The Morgan fingerprint density at radius 3 is 2.88 bits per heavy atom. The number of hydrogen-bond acceptors (Lipinski definition) is 2. The second kappa shape index (κ2) is 5.04. The molecule has 5 heteroatoms. The molecule has 1 aliphatic heterocycles. The third-order valence-corrected chi connectivity index (χ3v) is 3.52. The van der Waals surface area contributed by atoms with Crippen LogP contribution in [-0.2, 0) is 4.79 Å². The van der Waals surface area contributed by atoms with Crippen LogP contribution in [0.5, 0.6) is 5.75 Å². The number of alkyl halides is 1. The third kappa shape index (κ3) is 2.44. The maximum absolute atomic E-state index is 13.6. The van der Waals surface area contributed by atoms with Crippen LogP contribution in [0.3, 0.4) is 0 Å². The fourth-order valence-corrected chi connectivity index (χ4v) is 2.28. The minimum absolute atomic E-state index is 0.0199. The van der Waals surface area contributed by atoms with Gasteiger partial charge in [0.05, 0.1) is 11.4 Å². The van der Waals surface area contributed by atoms with Crippen LogP contribution < -0.4 is 9.64 Å². The van der Waals surface area contributed by atoms with Gasteiger partial charge in [-0.25, -0.2) is 4.39 Å². The summed E-state index contributed by atoms with van der Waals surface area (Å²) in [5.41, 5.74) is 0.581. The van der Waals surface area contributed by atoms with Crippen molar-refractivity contribution >= 4 is 27.5 Å². The highest BCUT2D eigenvalue weighted by Gasteiger charge is 2.30.